The van der Waals surface area contributed by atoms with Crippen molar-refractivity contribution in [3.8, 4) is 0 Å². The number of benzene rings is 5. The SMILES string of the molecule is CCc1ccc([SiH2]C(c2ccccc2)(c2ccccc2)n2ccnc2)cc1.c1ccc(B(c2ccccc2)C2CC2)cc1. The molecule has 5 aromatic carbocycles. The van der Waals surface area contributed by atoms with Crippen LogP contribution in [0, 0.1) is 0 Å². The Morgan fingerprint density at radius 2 is 1.16 bits per heavy atom. The number of nitrogens with zero attached hydrogens (tertiary/aromatic N) is 2. The van der Waals surface area contributed by atoms with Crippen molar-refractivity contribution in [3.05, 3.63) is 181 Å². The average Bonchev–Trinajstić information content (AvgIpc) is 3.76. The topological polar surface area (TPSA) is 17.8 Å². The summed E-state index contributed by atoms with van der Waals surface area (Å²) in [6, 6.07) is 52.7. The van der Waals surface area contributed by atoms with Gasteiger partial charge in [-0.1, -0.05) is 187 Å². The van der Waals surface area contributed by atoms with Gasteiger partial charge in [0.15, 0.2) is 0 Å². The third-order valence-electron chi connectivity index (χ3n) is 8.75. The van der Waals surface area contributed by atoms with Crippen LogP contribution in [-0.2, 0) is 11.6 Å². The predicted octanol–water partition coefficient (Wildman–Crippen LogP) is 6.15. The first kappa shape index (κ1) is 28.7. The Bertz CT molecular complexity index is 1570. The molecule has 2 nitrogen and oxygen atoms in total. The maximum Gasteiger partial charge on any atom is 0.212 e. The molecule has 6 aromatic rings. The molecule has 43 heavy (non-hydrogen) atoms. The van der Waals surface area contributed by atoms with Crippen molar-refractivity contribution >= 4 is 32.3 Å². The quantitative estimate of drug-likeness (QED) is 0.190. The molecule has 7 rings (SSSR count). The summed E-state index contributed by atoms with van der Waals surface area (Å²) in [7, 11) is -0.770. The number of imidazole rings is 1. The number of hydrogen-bond acceptors (Lipinski definition) is 1. The Morgan fingerprint density at radius 3 is 1.58 bits per heavy atom. The summed E-state index contributed by atoms with van der Waals surface area (Å²) >= 11 is 0. The van der Waals surface area contributed by atoms with E-state index in [0.29, 0.717) is 6.71 Å². The van der Waals surface area contributed by atoms with Gasteiger partial charge in [0, 0.05) is 12.4 Å². The Labute approximate surface area is 259 Å². The monoisotopic (exact) mass is 574 g/mol. The molecule has 0 bridgehead atoms. The van der Waals surface area contributed by atoms with Crippen molar-refractivity contribution in [2.45, 2.75) is 37.2 Å². The van der Waals surface area contributed by atoms with Crippen molar-refractivity contribution in [2.24, 2.45) is 0 Å². The molecule has 0 aliphatic heterocycles. The third kappa shape index (κ3) is 6.65. The first-order valence-electron chi connectivity index (χ1n) is 15.5. The molecule has 0 amide bonds. The van der Waals surface area contributed by atoms with Gasteiger partial charge in [-0.15, -0.1) is 0 Å². The maximum absolute atomic E-state index is 4.39. The van der Waals surface area contributed by atoms with E-state index >= 15 is 0 Å². The third-order valence-corrected chi connectivity index (χ3v) is 11.3. The van der Waals surface area contributed by atoms with Crippen LogP contribution in [0.25, 0.3) is 0 Å². The van der Waals surface area contributed by atoms with Crippen LogP contribution in [0.15, 0.2) is 164 Å². The summed E-state index contributed by atoms with van der Waals surface area (Å²) in [5.74, 6) is 0.866. The van der Waals surface area contributed by atoms with Crippen molar-refractivity contribution in [2.75, 3.05) is 0 Å². The summed E-state index contributed by atoms with van der Waals surface area (Å²) in [6.45, 7) is 2.82. The van der Waals surface area contributed by atoms with Crippen molar-refractivity contribution in [1.29, 1.82) is 0 Å². The van der Waals surface area contributed by atoms with E-state index in [2.05, 4.69) is 168 Å². The van der Waals surface area contributed by atoms with Gasteiger partial charge in [-0.3, -0.25) is 0 Å². The van der Waals surface area contributed by atoms with Gasteiger partial charge in [0.1, 0.15) is 0 Å². The second-order valence-corrected chi connectivity index (χ2v) is 13.7. The Kier molecular flexibility index (Phi) is 9.15. The molecule has 1 saturated carbocycles. The Balaban J connectivity index is 0.000000174. The molecular formula is C39H39BN2Si. The molecule has 0 atom stereocenters. The molecule has 0 radical (unpaired) electrons. The summed E-state index contributed by atoms with van der Waals surface area (Å²) in [5, 5.41) is 1.25. The van der Waals surface area contributed by atoms with E-state index in [1.54, 1.807) is 0 Å². The van der Waals surface area contributed by atoms with Gasteiger partial charge in [-0.2, -0.15) is 0 Å². The van der Waals surface area contributed by atoms with Gasteiger partial charge in [-0.25, -0.2) is 4.98 Å². The smallest absolute Gasteiger partial charge is 0.212 e. The van der Waals surface area contributed by atoms with Crippen LogP contribution >= 0.6 is 0 Å². The van der Waals surface area contributed by atoms with Gasteiger partial charge < -0.3 is 4.57 Å². The van der Waals surface area contributed by atoms with Gasteiger partial charge in [0.2, 0.25) is 6.71 Å². The Hall–Kier alpha value is -4.41. The lowest BCUT2D eigenvalue weighted by molar-refractivity contribution is 0.596. The highest BCUT2D eigenvalue weighted by Gasteiger charge is 2.37. The zero-order valence-corrected chi connectivity index (χ0v) is 26.4. The van der Waals surface area contributed by atoms with Crippen LogP contribution in [0.4, 0.5) is 0 Å². The molecule has 212 valence electrons. The largest absolute Gasteiger partial charge is 0.326 e. The van der Waals surface area contributed by atoms with Crippen molar-refractivity contribution < 1.29 is 0 Å². The number of rotatable bonds is 9. The fourth-order valence-electron chi connectivity index (χ4n) is 6.35. The van der Waals surface area contributed by atoms with E-state index in [-0.39, 0.29) is 5.16 Å². The highest BCUT2D eigenvalue weighted by molar-refractivity contribution is 6.86. The molecule has 1 heterocycles. The zero-order valence-electron chi connectivity index (χ0n) is 25.0. The first-order chi connectivity index (χ1) is 21.3. The molecule has 0 saturated heterocycles. The maximum atomic E-state index is 4.39. The highest BCUT2D eigenvalue weighted by atomic mass is 28.2. The molecule has 4 heteroatoms. The number of aryl methyl sites for hydroxylation is 1. The van der Waals surface area contributed by atoms with E-state index in [1.807, 2.05) is 12.5 Å². The van der Waals surface area contributed by atoms with Crippen LogP contribution in [0.1, 0.15) is 36.5 Å². The average molecular weight is 575 g/mol. The van der Waals surface area contributed by atoms with Gasteiger partial charge in [-0.05, 0) is 23.1 Å². The van der Waals surface area contributed by atoms with E-state index in [4.69, 9.17) is 0 Å². The molecule has 0 N–H and O–H groups in total. The summed E-state index contributed by atoms with van der Waals surface area (Å²) in [4.78, 5) is 4.39. The van der Waals surface area contributed by atoms with Crippen LogP contribution in [0.5, 0.6) is 0 Å². The molecule has 1 aromatic heterocycles. The fraction of sp³-hybridized carbons (Fsp3) is 0.154. The highest BCUT2D eigenvalue weighted by Crippen LogP contribution is 2.38. The lowest BCUT2D eigenvalue weighted by atomic mass is 9.37. The van der Waals surface area contributed by atoms with Crippen molar-refractivity contribution in [3.63, 3.8) is 0 Å². The molecule has 1 aliphatic rings. The summed E-state index contributed by atoms with van der Waals surface area (Å²) in [6.07, 6.45) is 9.80. The van der Waals surface area contributed by atoms with Crippen molar-refractivity contribution in [1.82, 2.24) is 9.55 Å². The fourth-order valence-corrected chi connectivity index (χ4v) is 8.66. The minimum atomic E-state index is -0.770. The predicted molar refractivity (Wildman–Crippen MR) is 186 cm³/mol. The van der Waals surface area contributed by atoms with E-state index in [0.717, 1.165) is 12.2 Å². The van der Waals surface area contributed by atoms with Crippen LogP contribution < -0.4 is 16.1 Å². The number of hydrogen-bond donors (Lipinski definition) is 0. The van der Waals surface area contributed by atoms with Gasteiger partial charge in [0.25, 0.3) is 0 Å². The molecule has 1 aliphatic carbocycles. The Morgan fingerprint density at radius 1 is 0.674 bits per heavy atom. The minimum Gasteiger partial charge on any atom is -0.326 e. The number of aromatic nitrogens is 2. The first-order valence-corrected chi connectivity index (χ1v) is 17.0. The molecular weight excluding hydrogens is 535 g/mol. The normalized spacial score (nSPS) is 13.0. The standard InChI is InChI=1S/C24H24N2Si.C15H15B/c1-2-20-13-15-23(16-14-20)27-24(26-18-17-25-19-26,21-9-5-3-6-10-21)22-11-7-4-8-12-22;1-3-7-13(8-4-1)16(15-11-12-15)14-9-5-2-6-10-14/h3-19H,2,27H2,1H3;1-10,15H,11-12H2. The lowest BCUT2D eigenvalue weighted by Crippen LogP contribution is -2.46. The van der Waals surface area contributed by atoms with E-state index < -0.39 is 9.52 Å². The minimum absolute atomic E-state index is 0.202. The molecule has 0 unspecified atom stereocenters. The van der Waals surface area contributed by atoms with Gasteiger partial charge >= 0.3 is 0 Å². The van der Waals surface area contributed by atoms with E-state index in [1.165, 1.54) is 45.6 Å². The summed E-state index contributed by atoms with van der Waals surface area (Å²) < 4.78 is 2.30. The molecule has 0 spiro atoms. The second-order valence-electron chi connectivity index (χ2n) is 11.5. The second kappa shape index (κ2) is 13.7. The summed E-state index contributed by atoms with van der Waals surface area (Å²) in [5.41, 5.74) is 6.97. The van der Waals surface area contributed by atoms with Crippen LogP contribution in [-0.4, -0.2) is 25.8 Å². The van der Waals surface area contributed by atoms with Gasteiger partial charge in [0.05, 0.1) is 21.0 Å². The van der Waals surface area contributed by atoms with E-state index in [9.17, 15) is 0 Å². The van der Waals surface area contributed by atoms with Crippen LogP contribution in [0.3, 0.4) is 0 Å². The molecule has 1 fully saturated rings. The van der Waals surface area contributed by atoms with Crippen LogP contribution in [0.2, 0.25) is 5.82 Å². The lowest BCUT2D eigenvalue weighted by Gasteiger charge is -2.37. The zero-order chi connectivity index (χ0) is 29.3.